The molecule has 0 saturated carbocycles. The summed E-state index contributed by atoms with van der Waals surface area (Å²) >= 11 is 0. The van der Waals surface area contributed by atoms with Crippen LogP contribution >= 0.6 is 0 Å². The van der Waals surface area contributed by atoms with Crippen molar-refractivity contribution in [1.29, 1.82) is 0 Å². The number of nitrogens with one attached hydrogen (secondary N) is 4. The number of rotatable bonds is 6. The third-order valence-electron chi connectivity index (χ3n) is 4.02. The third kappa shape index (κ3) is 4.88. The SMILES string of the molecule is CNC(=O)COc1cccc(CNC(=O)C(=O)Nc2ccc3[nH]ccc3c2)c1. The van der Waals surface area contributed by atoms with E-state index in [4.69, 9.17) is 4.74 Å². The normalized spacial score (nSPS) is 10.3. The summed E-state index contributed by atoms with van der Waals surface area (Å²) in [5.74, 6) is -1.24. The van der Waals surface area contributed by atoms with Gasteiger partial charge in [-0.25, -0.2) is 0 Å². The first kappa shape index (κ1) is 19.0. The minimum atomic E-state index is -0.748. The first-order valence-corrected chi connectivity index (χ1v) is 8.64. The number of H-pyrrole nitrogens is 1. The average molecular weight is 380 g/mol. The molecule has 28 heavy (non-hydrogen) atoms. The molecule has 3 rings (SSSR count). The fourth-order valence-electron chi connectivity index (χ4n) is 2.55. The Bertz CT molecular complexity index is 1010. The highest BCUT2D eigenvalue weighted by Gasteiger charge is 2.14. The minimum Gasteiger partial charge on any atom is -0.484 e. The lowest BCUT2D eigenvalue weighted by Crippen LogP contribution is -2.34. The van der Waals surface area contributed by atoms with Gasteiger partial charge in [0.2, 0.25) is 0 Å². The van der Waals surface area contributed by atoms with Gasteiger partial charge in [-0.15, -0.1) is 0 Å². The van der Waals surface area contributed by atoms with Crippen molar-refractivity contribution in [2.24, 2.45) is 0 Å². The van der Waals surface area contributed by atoms with Crippen LogP contribution in [-0.2, 0) is 20.9 Å². The molecular weight excluding hydrogens is 360 g/mol. The summed E-state index contributed by atoms with van der Waals surface area (Å²) in [6.07, 6.45) is 1.80. The summed E-state index contributed by atoms with van der Waals surface area (Å²) in [5.41, 5.74) is 2.22. The zero-order valence-corrected chi connectivity index (χ0v) is 15.2. The maximum atomic E-state index is 12.1. The van der Waals surface area contributed by atoms with Crippen LogP contribution in [0.4, 0.5) is 5.69 Å². The molecular formula is C20H20N4O4. The highest BCUT2D eigenvalue weighted by atomic mass is 16.5. The molecule has 0 unspecified atom stereocenters. The van der Waals surface area contributed by atoms with E-state index in [9.17, 15) is 14.4 Å². The Balaban J connectivity index is 1.53. The molecule has 0 bridgehead atoms. The number of likely N-dealkylation sites (N-methyl/N-ethyl adjacent to an activating group) is 1. The van der Waals surface area contributed by atoms with Crippen LogP contribution in [0.15, 0.2) is 54.7 Å². The van der Waals surface area contributed by atoms with Crippen LogP contribution in [0, 0.1) is 0 Å². The van der Waals surface area contributed by atoms with E-state index in [0.717, 1.165) is 16.5 Å². The molecule has 4 N–H and O–H groups in total. The number of fused-ring (bicyclic) bond motifs is 1. The van der Waals surface area contributed by atoms with Gasteiger partial charge < -0.3 is 25.7 Å². The van der Waals surface area contributed by atoms with Gasteiger partial charge in [0.25, 0.3) is 5.91 Å². The van der Waals surface area contributed by atoms with Crippen molar-refractivity contribution in [3.63, 3.8) is 0 Å². The summed E-state index contributed by atoms with van der Waals surface area (Å²) in [4.78, 5) is 38.4. The van der Waals surface area contributed by atoms with Crippen LogP contribution in [0.2, 0.25) is 0 Å². The molecule has 3 aromatic rings. The topological polar surface area (TPSA) is 112 Å². The Hall–Kier alpha value is -3.81. The molecule has 0 aliphatic heterocycles. The smallest absolute Gasteiger partial charge is 0.313 e. The maximum absolute atomic E-state index is 12.1. The predicted octanol–water partition coefficient (Wildman–Crippen LogP) is 1.55. The average Bonchev–Trinajstić information content (AvgIpc) is 3.18. The Kier molecular flexibility index (Phi) is 5.91. The zero-order chi connectivity index (χ0) is 19.9. The van der Waals surface area contributed by atoms with Crippen LogP contribution in [0.3, 0.4) is 0 Å². The molecule has 0 fully saturated rings. The number of hydrogen-bond acceptors (Lipinski definition) is 4. The Morgan fingerprint density at radius 2 is 1.89 bits per heavy atom. The van der Waals surface area contributed by atoms with E-state index >= 15 is 0 Å². The molecule has 0 radical (unpaired) electrons. The molecule has 0 aliphatic carbocycles. The summed E-state index contributed by atoms with van der Waals surface area (Å²) in [6.45, 7) is 0.0560. The highest BCUT2D eigenvalue weighted by Crippen LogP contribution is 2.17. The zero-order valence-electron chi connectivity index (χ0n) is 15.2. The van der Waals surface area contributed by atoms with Crippen LogP contribution in [-0.4, -0.2) is 36.4 Å². The van der Waals surface area contributed by atoms with E-state index in [1.165, 1.54) is 7.05 Å². The summed E-state index contributed by atoms with van der Waals surface area (Å²) < 4.78 is 5.35. The molecule has 1 heterocycles. The van der Waals surface area contributed by atoms with E-state index in [-0.39, 0.29) is 19.1 Å². The Morgan fingerprint density at radius 1 is 1.04 bits per heavy atom. The van der Waals surface area contributed by atoms with Gasteiger partial charge >= 0.3 is 11.8 Å². The van der Waals surface area contributed by atoms with Gasteiger partial charge in [0.15, 0.2) is 6.61 Å². The molecule has 0 aliphatic rings. The van der Waals surface area contributed by atoms with E-state index in [0.29, 0.717) is 11.4 Å². The number of anilines is 1. The first-order valence-electron chi connectivity index (χ1n) is 8.64. The number of carbonyl (C=O) groups excluding carboxylic acids is 3. The van der Waals surface area contributed by atoms with E-state index in [1.54, 1.807) is 42.6 Å². The third-order valence-corrected chi connectivity index (χ3v) is 4.02. The number of aromatic nitrogens is 1. The number of hydrogen-bond donors (Lipinski definition) is 4. The number of aromatic amines is 1. The number of ether oxygens (including phenoxy) is 1. The van der Waals surface area contributed by atoms with Gasteiger partial charge in [-0.3, -0.25) is 14.4 Å². The number of carbonyl (C=O) groups is 3. The lowest BCUT2D eigenvalue weighted by molar-refractivity contribution is -0.136. The summed E-state index contributed by atoms with van der Waals surface area (Å²) in [6, 6.07) is 14.1. The molecule has 0 spiro atoms. The molecule has 1 aromatic heterocycles. The van der Waals surface area contributed by atoms with Crippen molar-refractivity contribution in [3.05, 3.63) is 60.3 Å². The van der Waals surface area contributed by atoms with Crippen LogP contribution in [0.5, 0.6) is 5.75 Å². The lowest BCUT2D eigenvalue weighted by atomic mass is 10.2. The fourth-order valence-corrected chi connectivity index (χ4v) is 2.55. The Labute approximate surface area is 161 Å². The largest absolute Gasteiger partial charge is 0.484 e. The highest BCUT2D eigenvalue weighted by molar-refractivity contribution is 6.39. The van der Waals surface area contributed by atoms with Crippen molar-refractivity contribution < 1.29 is 19.1 Å². The van der Waals surface area contributed by atoms with Gasteiger partial charge in [0, 0.05) is 36.4 Å². The summed E-state index contributed by atoms with van der Waals surface area (Å²) in [5, 5.41) is 8.54. The molecule has 2 aromatic carbocycles. The predicted molar refractivity (Wildman–Crippen MR) is 105 cm³/mol. The van der Waals surface area contributed by atoms with Crippen molar-refractivity contribution in [2.45, 2.75) is 6.54 Å². The van der Waals surface area contributed by atoms with Gasteiger partial charge in [-0.2, -0.15) is 0 Å². The second-order valence-electron chi connectivity index (χ2n) is 6.03. The minimum absolute atomic E-state index is 0.0970. The Morgan fingerprint density at radius 3 is 2.71 bits per heavy atom. The van der Waals surface area contributed by atoms with Gasteiger partial charge in [0.05, 0.1) is 0 Å². The fraction of sp³-hybridized carbons (Fsp3) is 0.150. The van der Waals surface area contributed by atoms with Crippen molar-refractivity contribution in [2.75, 3.05) is 19.0 Å². The monoisotopic (exact) mass is 380 g/mol. The van der Waals surface area contributed by atoms with Crippen molar-refractivity contribution >= 4 is 34.3 Å². The number of benzene rings is 2. The van der Waals surface area contributed by atoms with Crippen LogP contribution in [0.25, 0.3) is 10.9 Å². The second kappa shape index (κ2) is 8.72. The van der Waals surface area contributed by atoms with Gasteiger partial charge in [-0.05, 0) is 42.0 Å². The first-order chi connectivity index (χ1) is 13.5. The molecule has 0 saturated heterocycles. The maximum Gasteiger partial charge on any atom is 0.313 e. The van der Waals surface area contributed by atoms with Crippen molar-refractivity contribution in [3.8, 4) is 5.75 Å². The standard InChI is InChI=1S/C20H20N4O4/c1-21-18(25)12-28-16-4-2-3-13(9-16)11-23-19(26)20(27)24-15-5-6-17-14(10-15)7-8-22-17/h2-10,22H,11-12H2,1H3,(H,21,25)(H,23,26)(H,24,27). The van der Waals surface area contributed by atoms with Crippen molar-refractivity contribution in [1.82, 2.24) is 15.6 Å². The van der Waals surface area contributed by atoms with E-state index < -0.39 is 11.8 Å². The lowest BCUT2D eigenvalue weighted by Gasteiger charge is -2.09. The summed E-state index contributed by atoms with van der Waals surface area (Å²) in [7, 11) is 1.53. The van der Waals surface area contributed by atoms with Crippen LogP contribution < -0.4 is 20.7 Å². The van der Waals surface area contributed by atoms with E-state index in [1.807, 2.05) is 12.1 Å². The molecule has 8 nitrogen and oxygen atoms in total. The van der Waals surface area contributed by atoms with Gasteiger partial charge in [-0.1, -0.05) is 12.1 Å². The molecule has 8 heteroatoms. The molecule has 3 amide bonds. The quantitative estimate of drug-likeness (QED) is 0.486. The molecule has 144 valence electrons. The molecule has 0 atom stereocenters. The second-order valence-corrected chi connectivity index (χ2v) is 6.03. The number of amides is 3. The van der Waals surface area contributed by atoms with Gasteiger partial charge in [0.1, 0.15) is 5.75 Å². The van der Waals surface area contributed by atoms with Crippen LogP contribution in [0.1, 0.15) is 5.56 Å². The van der Waals surface area contributed by atoms with E-state index in [2.05, 4.69) is 20.9 Å².